The molecule has 1 aromatic heterocycles. The quantitative estimate of drug-likeness (QED) is 0.811. The van der Waals surface area contributed by atoms with Crippen LogP contribution in [0.2, 0.25) is 0 Å². The van der Waals surface area contributed by atoms with Crippen LogP contribution < -0.4 is 11.1 Å². The van der Waals surface area contributed by atoms with E-state index in [0.717, 1.165) is 12.8 Å². The largest absolute Gasteiger partial charge is 0.384 e. The molecule has 0 aromatic carbocycles. The maximum Gasteiger partial charge on any atom is 0.252 e. The van der Waals surface area contributed by atoms with Gasteiger partial charge < -0.3 is 11.1 Å². The van der Waals surface area contributed by atoms with E-state index in [9.17, 15) is 13.2 Å². The number of hydrogen-bond acceptors (Lipinski definition) is 5. The van der Waals surface area contributed by atoms with Gasteiger partial charge in [0.2, 0.25) is 10.0 Å². The van der Waals surface area contributed by atoms with E-state index in [2.05, 4.69) is 10.3 Å². The van der Waals surface area contributed by atoms with Crippen LogP contribution in [0.3, 0.4) is 0 Å². The van der Waals surface area contributed by atoms with Crippen molar-refractivity contribution in [3.8, 4) is 0 Å². The number of pyridine rings is 1. The number of anilines is 1. The van der Waals surface area contributed by atoms with Gasteiger partial charge >= 0.3 is 0 Å². The first kappa shape index (κ1) is 15.7. The van der Waals surface area contributed by atoms with Crippen molar-refractivity contribution in [2.45, 2.75) is 12.8 Å². The Hall–Kier alpha value is -1.67. The van der Waals surface area contributed by atoms with Crippen LogP contribution in [0.15, 0.2) is 18.5 Å². The number of amides is 1. The molecule has 0 unspecified atom stereocenters. The molecule has 7 nitrogen and oxygen atoms in total. The molecule has 21 heavy (non-hydrogen) atoms. The standard InChI is InChI=1S/C13H20N4O3S/c1-21(19,20)17-6-3-10(4-7-17)8-16-12-2-5-15-9-11(12)13(14)18/h2,5,9-10H,3-4,6-8H2,1H3,(H2,14,18)(H,15,16). The highest BCUT2D eigenvalue weighted by atomic mass is 32.2. The highest BCUT2D eigenvalue weighted by Crippen LogP contribution is 2.21. The van der Waals surface area contributed by atoms with Crippen LogP contribution >= 0.6 is 0 Å². The number of rotatable bonds is 5. The SMILES string of the molecule is CS(=O)(=O)N1CCC(CNc2ccncc2C(N)=O)CC1. The average molecular weight is 312 g/mol. The van der Waals surface area contributed by atoms with Crippen molar-refractivity contribution in [3.63, 3.8) is 0 Å². The van der Waals surface area contributed by atoms with Gasteiger partial charge in [-0.1, -0.05) is 0 Å². The fourth-order valence-corrected chi connectivity index (χ4v) is 3.32. The van der Waals surface area contributed by atoms with E-state index in [1.54, 1.807) is 12.3 Å². The van der Waals surface area contributed by atoms with Crippen LogP contribution in [-0.2, 0) is 10.0 Å². The van der Waals surface area contributed by atoms with Crippen LogP contribution in [-0.4, -0.2) is 49.5 Å². The average Bonchev–Trinajstić information content (AvgIpc) is 2.45. The molecule has 0 bridgehead atoms. The van der Waals surface area contributed by atoms with Gasteiger partial charge in [0, 0.05) is 32.0 Å². The predicted molar refractivity (Wildman–Crippen MR) is 80.4 cm³/mol. The molecule has 0 atom stereocenters. The Kier molecular flexibility index (Phi) is 4.79. The molecule has 8 heteroatoms. The van der Waals surface area contributed by atoms with E-state index in [-0.39, 0.29) is 0 Å². The van der Waals surface area contributed by atoms with Crippen molar-refractivity contribution < 1.29 is 13.2 Å². The number of carbonyl (C=O) groups excluding carboxylic acids is 1. The van der Waals surface area contributed by atoms with E-state index >= 15 is 0 Å². The van der Waals surface area contributed by atoms with E-state index in [1.807, 2.05) is 0 Å². The number of sulfonamides is 1. The van der Waals surface area contributed by atoms with E-state index in [4.69, 9.17) is 5.73 Å². The Bertz CT molecular complexity index is 610. The summed E-state index contributed by atoms with van der Waals surface area (Å²) < 4.78 is 24.4. The summed E-state index contributed by atoms with van der Waals surface area (Å²) in [5, 5.41) is 3.21. The third-order valence-electron chi connectivity index (χ3n) is 3.71. The smallest absolute Gasteiger partial charge is 0.252 e. The predicted octanol–water partition coefficient (Wildman–Crippen LogP) is 0.264. The molecule has 0 radical (unpaired) electrons. The molecule has 0 spiro atoms. The monoisotopic (exact) mass is 312 g/mol. The van der Waals surface area contributed by atoms with E-state index in [0.29, 0.717) is 36.8 Å². The summed E-state index contributed by atoms with van der Waals surface area (Å²) in [6.07, 6.45) is 5.88. The van der Waals surface area contributed by atoms with Gasteiger partial charge in [0.25, 0.3) is 5.91 Å². The van der Waals surface area contributed by atoms with Gasteiger partial charge in [0.05, 0.1) is 17.5 Å². The topological polar surface area (TPSA) is 105 Å². The van der Waals surface area contributed by atoms with Gasteiger partial charge in [0.15, 0.2) is 0 Å². The summed E-state index contributed by atoms with van der Waals surface area (Å²) >= 11 is 0. The number of primary amides is 1. The second-order valence-corrected chi connectivity index (χ2v) is 7.25. The number of aromatic nitrogens is 1. The van der Waals surface area contributed by atoms with Crippen LogP contribution in [0.1, 0.15) is 23.2 Å². The minimum atomic E-state index is -3.09. The molecule has 116 valence electrons. The van der Waals surface area contributed by atoms with Crippen molar-refractivity contribution in [3.05, 3.63) is 24.0 Å². The molecule has 1 aromatic rings. The summed E-state index contributed by atoms with van der Waals surface area (Å²) in [6, 6.07) is 1.71. The molecule has 3 N–H and O–H groups in total. The van der Waals surface area contributed by atoms with Crippen molar-refractivity contribution in [2.24, 2.45) is 11.7 Å². The van der Waals surface area contributed by atoms with Gasteiger partial charge in [0.1, 0.15) is 0 Å². The number of nitrogens with zero attached hydrogens (tertiary/aromatic N) is 2. The lowest BCUT2D eigenvalue weighted by atomic mass is 9.98. The van der Waals surface area contributed by atoms with Crippen LogP contribution in [0, 0.1) is 5.92 Å². The first-order valence-corrected chi connectivity index (χ1v) is 8.65. The normalized spacial score (nSPS) is 17.6. The number of piperidine rings is 1. The van der Waals surface area contributed by atoms with E-state index in [1.165, 1.54) is 16.8 Å². The first-order valence-electron chi connectivity index (χ1n) is 6.80. The highest BCUT2D eigenvalue weighted by molar-refractivity contribution is 7.88. The molecule has 1 aliphatic rings. The fraction of sp³-hybridized carbons (Fsp3) is 0.538. The van der Waals surface area contributed by atoms with Crippen LogP contribution in [0.25, 0.3) is 0 Å². The number of nitrogens with two attached hydrogens (primary N) is 1. The summed E-state index contributed by atoms with van der Waals surface area (Å²) in [7, 11) is -3.09. The van der Waals surface area contributed by atoms with Gasteiger partial charge in [-0.25, -0.2) is 12.7 Å². The summed E-state index contributed by atoms with van der Waals surface area (Å²) in [4.78, 5) is 15.2. The Morgan fingerprint density at radius 2 is 2.14 bits per heavy atom. The molecule has 1 fully saturated rings. The maximum atomic E-state index is 11.4. The first-order chi connectivity index (χ1) is 9.88. The van der Waals surface area contributed by atoms with Crippen molar-refractivity contribution >= 4 is 21.6 Å². The number of nitrogens with one attached hydrogen (secondary N) is 1. The molecule has 0 aliphatic carbocycles. The lowest BCUT2D eigenvalue weighted by Crippen LogP contribution is -2.39. The molecule has 1 amide bonds. The Balaban J connectivity index is 1.90. The van der Waals surface area contributed by atoms with Crippen molar-refractivity contribution in [1.82, 2.24) is 9.29 Å². The Morgan fingerprint density at radius 1 is 1.48 bits per heavy atom. The lowest BCUT2D eigenvalue weighted by molar-refractivity contribution is 0.100. The lowest BCUT2D eigenvalue weighted by Gasteiger charge is -2.30. The molecular weight excluding hydrogens is 292 g/mol. The second kappa shape index (κ2) is 6.40. The minimum Gasteiger partial charge on any atom is -0.384 e. The summed E-state index contributed by atoms with van der Waals surface area (Å²) in [6.45, 7) is 1.77. The molecule has 1 saturated heterocycles. The summed E-state index contributed by atoms with van der Waals surface area (Å²) in [5.74, 6) is -0.144. The third-order valence-corrected chi connectivity index (χ3v) is 5.01. The van der Waals surface area contributed by atoms with Gasteiger partial charge in [-0.3, -0.25) is 9.78 Å². The molecule has 2 rings (SSSR count). The van der Waals surface area contributed by atoms with E-state index < -0.39 is 15.9 Å². The molecule has 2 heterocycles. The van der Waals surface area contributed by atoms with Crippen molar-refractivity contribution in [1.29, 1.82) is 0 Å². The van der Waals surface area contributed by atoms with Gasteiger partial charge in [-0.15, -0.1) is 0 Å². The van der Waals surface area contributed by atoms with Gasteiger partial charge in [-0.2, -0.15) is 0 Å². The van der Waals surface area contributed by atoms with Crippen LogP contribution in [0.4, 0.5) is 5.69 Å². The van der Waals surface area contributed by atoms with Crippen LogP contribution in [0.5, 0.6) is 0 Å². The highest BCUT2D eigenvalue weighted by Gasteiger charge is 2.24. The van der Waals surface area contributed by atoms with Crippen molar-refractivity contribution in [2.75, 3.05) is 31.2 Å². The molecule has 0 saturated carbocycles. The van der Waals surface area contributed by atoms with Gasteiger partial charge in [-0.05, 0) is 24.8 Å². The number of hydrogen-bond donors (Lipinski definition) is 2. The zero-order chi connectivity index (χ0) is 15.5. The Labute approximate surface area is 124 Å². The Morgan fingerprint density at radius 3 is 2.71 bits per heavy atom. The zero-order valence-electron chi connectivity index (χ0n) is 11.9. The molecule has 1 aliphatic heterocycles. The number of carbonyl (C=O) groups is 1. The maximum absolute atomic E-state index is 11.4. The zero-order valence-corrected chi connectivity index (χ0v) is 12.8. The second-order valence-electron chi connectivity index (χ2n) is 5.27. The minimum absolute atomic E-state index is 0.367. The fourth-order valence-electron chi connectivity index (χ4n) is 2.44. The summed E-state index contributed by atoms with van der Waals surface area (Å²) in [5.41, 5.74) is 6.33. The third kappa shape index (κ3) is 4.15. The molecular formula is C13H20N4O3S.